The first-order valence-corrected chi connectivity index (χ1v) is 9.27. The van der Waals surface area contributed by atoms with E-state index in [0.717, 1.165) is 0 Å². The minimum Gasteiger partial charge on any atom is -0.484 e. The summed E-state index contributed by atoms with van der Waals surface area (Å²) >= 11 is 0. The molecular weight excluding hydrogens is 366 g/mol. The molecule has 7 heteroatoms. The van der Waals surface area contributed by atoms with Gasteiger partial charge in [-0.1, -0.05) is 12.1 Å². The fraction of sp³-hybridized carbons (Fsp3) is 0.381. The molecule has 2 aliphatic rings. The summed E-state index contributed by atoms with van der Waals surface area (Å²) in [5.74, 6) is -0.703. The number of hydrogen-bond donors (Lipinski definition) is 3. The number of fused-ring (bicyclic) bond motifs is 2. The molecule has 0 saturated heterocycles. The summed E-state index contributed by atoms with van der Waals surface area (Å²) in [5, 5.41) is 15.5. The number of carbonyl (C=O) groups excluding carboxylic acids is 1. The Hall–Kier alpha value is -2.67. The summed E-state index contributed by atoms with van der Waals surface area (Å²) in [6.07, 6.45) is 0.346. The van der Waals surface area contributed by atoms with E-state index in [1.807, 2.05) is 13.8 Å². The van der Waals surface area contributed by atoms with Gasteiger partial charge < -0.3 is 20.5 Å². The predicted octanol–water partition coefficient (Wildman–Crippen LogP) is 3.85. The van der Waals surface area contributed by atoms with Crippen LogP contribution in [-0.4, -0.2) is 22.8 Å². The van der Waals surface area contributed by atoms with Gasteiger partial charge in [-0.05, 0) is 43.2 Å². The molecule has 5 nitrogen and oxygen atoms in total. The topological polar surface area (TPSA) is 70.6 Å². The summed E-state index contributed by atoms with van der Waals surface area (Å²) in [6, 6.07) is 6.50. The molecule has 1 aliphatic carbocycles. The highest BCUT2D eigenvalue weighted by Gasteiger charge is 2.36. The fourth-order valence-corrected chi connectivity index (χ4v) is 4.05. The number of carbonyl (C=O) groups is 1. The van der Waals surface area contributed by atoms with Crippen molar-refractivity contribution >= 4 is 11.7 Å². The smallest absolute Gasteiger partial charge is 0.319 e. The Kier molecular flexibility index (Phi) is 4.50. The lowest BCUT2D eigenvalue weighted by Gasteiger charge is -2.38. The number of ether oxygens (including phenoxy) is 1. The highest BCUT2D eigenvalue weighted by Crippen LogP contribution is 2.41. The lowest BCUT2D eigenvalue weighted by Crippen LogP contribution is -2.42. The van der Waals surface area contributed by atoms with E-state index in [0.29, 0.717) is 35.2 Å². The van der Waals surface area contributed by atoms with Crippen molar-refractivity contribution in [1.82, 2.24) is 5.32 Å². The van der Waals surface area contributed by atoms with Crippen LogP contribution in [0, 0.1) is 11.6 Å². The number of urea groups is 1. The number of amides is 2. The molecule has 0 unspecified atom stereocenters. The highest BCUT2D eigenvalue weighted by atomic mass is 19.1. The van der Waals surface area contributed by atoms with Gasteiger partial charge in [-0.25, -0.2) is 13.6 Å². The Balaban J connectivity index is 1.56. The van der Waals surface area contributed by atoms with Crippen molar-refractivity contribution in [2.75, 3.05) is 5.32 Å². The predicted molar refractivity (Wildman–Crippen MR) is 100 cm³/mol. The van der Waals surface area contributed by atoms with Gasteiger partial charge in [0.25, 0.3) is 0 Å². The first kappa shape index (κ1) is 18.7. The molecule has 3 N–H and O–H groups in total. The number of nitrogens with one attached hydrogen (secondary N) is 2. The molecule has 2 aromatic carbocycles. The number of aliphatic hydroxyl groups excluding tert-OH is 1. The van der Waals surface area contributed by atoms with Gasteiger partial charge >= 0.3 is 6.03 Å². The van der Waals surface area contributed by atoms with Gasteiger partial charge in [-0.2, -0.15) is 0 Å². The Bertz CT molecular complexity index is 945. The average Bonchev–Trinajstić information content (AvgIpc) is 3.00. The van der Waals surface area contributed by atoms with Crippen molar-refractivity contribution in [1.29, 1.82) is 0 Å². The van der Waals surface area contributed by atoms with Gasteiger partial charge in [0, 0.05) is 30.5 Å². The number of benzene rings is 2. The molecule has 1 heterocycles. The van der Waals surface area contributed by atoms with E-state index < -0.39 is 29.6 Å². The molecular formula is C21H22F2N2O3. The van der Waals surface area contributed by atoms with Gasteiger partial charge in [-0.3, -0.25) is 0 Å². The summed E-state index contributed by atoms with van der Waals surface area (Å²) in [7, 11) is 0. The van der Waals surface area contributed by atoms with Crippen molar-refractivity contribution in [2.45, 2.75) is 50.9 Å². The molecule has 4 rings (SSSR count). The second-order valence-corrected chi connectivity index (χ2v) is 7.99. The van der Waals surface area contributed by atoms with E-state index in [1.165, 1.54) is 18.2 Å². The lowest BCUT2D eigenvalue weighted by atomic mass is 9.89. The molecule has 2 amide bonds. The zero-order valence-electron chi connectivity index (χ0n) is 15.7. The maximum atomic E-state index is 14.2. The second-order valence-electron chi connectivity index (χ2n) is 7.99. The minimum atomic E-state index is -0.651. The maximum absolute atomic E-state index is 14.2. The van der Waals surface area contributed by atoms with Gasteiger partial charge in [-0.15, -0.1) is 0 Å². The maximum Gasteiger partial charge on any atom is 0.319 e. The first-order chi connectivity index (χ1) is 13.2. The minimum absolute atomic E-state index is 0.148. The van der Waals surface area contributed by atoms with Crippen LogP contribution in [0.3, 0.4) is 0 Å². The van der Waals surface area contributed by atoms with Crippen LogP contribution in [0.1, 0.15) is 43.0 Å². The van der Waals surface area contributed by atoms with Crippen LogP contribution in [-0.2, 0) is 12.8 Å². The second kappa shape index (κ2) is 6.74. The van der Waals surface area contributed by atoms with E-state index >= 15 is 0 Å². The fourth-order valence-electron chi connectivity index (χ4n) is 4.05. The Morgan fingerprint density at radius 3 is 2.68 bits per heavy atom. The zero-order valence-corrected chi connectivity index (χ0v) is 15.7. The lowest BCUT2D eigenvalue weighted by molar-refractivity contribution is 0.0630. The Morgan fingerprint density at radius 2 is 1.89 bits per heavy atom. The van der Waals surface area contributed by atoms with E-state index in [2.05, 4.69) is 10.6 Å². The highest BCUT2D eigenvalue weighted by molar-refractivity contribution is 5.91. The van der Waals surface area contributed by atoms with Crippen molar-refractivity contribution in [3.8, 4) is 5.75 Å². The summed E-state index contributed by atoms with van der Waals surface area (Å²) in [5.41, 5.74) is 1.45. The molecule has 148 valence electrons. The van der Waals surface area contributed by atoms with E-state index in [-0.39, 0.29) is 18.0 Å². The SMILES string of the molecule is CC1(C)C[C@@H](NC(=O)Nc2ccc(F)c3c2C[C@@H](O)C3)c2cccc(F)c2O1. The molecule has 0 aromatic heterocycles. The Labute approximate surface area is 161 Å². The number of hydrogen-bond acceptors (Lipinski definition) is 3. The quantitative estimate of drug-likeness (QED) is 0.732. The van der Waals surface area contributed by atoms with E-state index in [4.69, 9.17) is 4.74 Å². The number of aliphatic hydroxyl groups is 1. The molecule has 2 atom stereocenters. The largest absolute Gasteiger partial charge is 0.484 e. The van der Waals surface area contributed by atoms with Crippen molar-refractivity contribution < 1.29 is 23.4 Å². The average molecular weight is 388 g/mol. The summed E-state index contributed by atoms with van der Waals surface area (Å²) < 4.78 is 33.9. The molecule has 28 heavy (non-hydrogen) atoms. The van der Waals surface area contributed by atoms with E-state index in [9.17, 15) is 18.7 Å². The van der Waals surface area contributed by atoms with Crippen LogP contribution in [0.4, 0.5) is 19.3 Å². The Morgan fingerprint density at radius 1 is 1.14 bits per heavy atom. The molecule has 0 radical (unpaired) electrons. The van der Waals surface area contributed by atoms with Gasteiger partial charge in [0.2, 0.25) is 0 Å². The summed E-state index contributed by atoms with van der Waals surface area (Å²) in [4.78, 5) is 12.6. The van der Waals surface area contributed by atoms with Crippen LogP contribution in [0.25, 0.3) is 0 Å². The van der Waals surface area contributed by atoms with Crippen LogP contribution in [0.2, 0.25) is 0 Å². The van der Waals surface area contributed by atoms with Crippen LogP contribution < -0.4 is 15.4 Å². The molecule has 1 aliphatic heterocycles. The normalized spacial score (nSPS) is 22.0. The monoisotopic (exact) mass is 388 g/mol. The van der Waals surface area contributed by atoms with Crippen LogP contribution in [0.15, 0.2) is 30.3 Å². The number of anilines is 1. The number of halogens is 2. The third kappa shape index (κ3) is 3.42. The number of para-hydroxylation sites is 1. The van der Waals surface area contributed by atoms with Crippen molar-refractivity contribution in [3.05, 3.63) is 58.7 Å². The van der Waals surface area contributed by atoms with Gasteiger partial charge in [0.1, 0.15) is 11.4 Å². The third-order valence-corrected chi connectivity index (χ3v) is 5.25. The molecule has 0 spiro atoms. The van der Waals surface area contributed by atoms with E-state index in [1.54, 1.807) is 12.1 Å². The molecule has 2 aromatic rings. The first-order valence-electron chi connectivity index (χ1n) is 9.27. The van der Waals surface area contributed by atoms with Crippen molar-refractivity contribution in [3.63, 3.8) is 0 Å². The molecule has 0 fully saturated rings. The molecule has 0 saturated carbocycles. The summed E-state index contributed by atoms with van der Waals surface area (Å²) in [6.45, 7) is 3.67. The van der Waals surface area contributed by atoms with Crippen molar-refractivity contribution in [2.24, 2.45) is 0 Å². The molecule has 0 bridgehead atoms. The number of rotatable bonds is 2. The van der Waals surface area contributed by atoms with Gasteiger partial charge in [0.15, 0.2) is 11.6 Å². The van der Waals surface area contributed by atoms with Crippen LogP contribution in [0.5, 0.6) is 5.75 Å². The van der Waals surface area contributed by atoms with Gasteiger partial charge in [0.05, 0.1) is 12.1 Å². The van der Waals surface area contributed by atoms with Crippen LogP contribution >= 0.6 is 0 Å². The third-order valence-electron chi connectivity index (χ3n) is 5.25. The standard InChI is InChI=1S/C21H22F2N2O3/c1-21(2)10-18(12-4-3-5-16(23)19(12)28-21)25-20(27)24-17-7-6-15(22)13-8-11(26)9-14(13)17/h3-7,11,18,26H,8-10H2,1-2H3,(H2,24,25,27)/t11-,18+/m0/s1. The zero-order chi connectivity index (χ0) is 20.1.